The van der Waals surface area contributed by atoms with Gasteiger partial charge in [0.1, 0.15) is 5.82 Å². The quantitative estimate of drug-likeness (QED) is 0.565. The number of aromatic nitrogens is 1. The van der Waals surface area contributed by atoms with Crippen LogP contribution in [0.3, 0.4) is 0 Å². The molecule has 1 amide bonds. The maximum Gasteiger partial charge on any atom is 0.265 e. The zero-order valence-corrected chi connectivity index (χ0v) is 16.8. The molecule has 0 unspecified atom stereocenters. The number of carbonyl (C=O) groups is 1. The van der Waals surface area contributed by atoms with Crippen molar-refractivity contribution in [1.82, 2.24) is 15.8 Å². The van der Waals surface area contributed by atoms with E-state index in [1.165, 1.54) is 11.6 Å². The largest absolute Gasteiger partial charge is 0.287 e. The predicted molar refractivity (Wildman–Crippen MR) is 113 cm³/mol. The fourth-order valence-electron chi connectivity index (χ4n) is 4.12. The summed E-state index contributed by atoms with van der Waals surface area (Å²) in [7, 11) is 0. The Balaban J connectivity index is 1.29. The highest BCUT2D eigenvalue weighted by Gasteiger charge is 2.24. The van der Waals surface area contributed by atoms with E-state index in [4.69, 9.17) is 11.6 Å². The van der Waals surface area contributed by atoms with Gasteiger partial charge >= 0.3 is 0 Å². The molecule has 4 nitrogen and oxygen atoms in total. The lowest BCUT2D eigenvalue weighted by molar-refractivity contribution is 0.0928. The lowest BCUT2D eigenvalue weighted by Crippen LogP contribution is -2.40. The average molecular weight is 412 g/mol. The Labute approximate surface area is 174 Å². The zero-order valence-electron chi connectivity index (χ0n) is 16.0. The van der Waals surface area contributed by atoms with Crippen LogP contribution in [-0.2, 0) is 0 Å². The molecule has 0 radical (unpaired) electrons. The normalized spacial score (nSPS) is 19.2. The Bertz CT molecular complexity index is 1000. The summed E-state index contributed by atoms with van der Waals surface area (Å²) in [6, 6.07) is 13.6. The van der Waals surface area contributed by atoms with Gasteiger partial charge in [0.25, 0.3) is 5.91 Å². The molecule has 150 valence electrons. The highest BCUT2D eigenvalue weighted by atomic mass is 35.5. The van der Waals surface area contributed by atoms with Gasteiger partial charge < -0.3 is 0 Å². The molecule has 0 aliphatic heterocycles. The molecule has 2 aromatic carbocycles. The van der Waals surface area contributed by atoms with Crippen molar-refractivity contribution in [3.8, 4) is 0 Å². The van der Waals surface area contributed by atoms with Crippen molar-refractivity contribution in [3.05, 3.63) is 76.7 Å². The van der Waals surface area contributed by atoms with E-state index in [1.807, 2.05) is 12.3 Å². The van der Waals surface area contributed by atoms with E-state index in [0.29, 0.717) is 22.4 Å². The first-order chi connectivity index (χ1) is 14.1. The summed E-state index contributed by atoms with van der Waals surface area (Å²) in [5.74, 6) is 0.533. The number of amides is 1. The summed E-state index contributed by atoms with van der Waals surface area (Å²) in [5.41, 5.74) is 8.43. The van der Waals surface area contributed by atoms with E-state index in [9.17, 15) is 9.18 Å². The first kappa shape index (κ1) is 19.8. The van der Waals surface area contributed by atoms with Crippen molar-refractivity contribution in [2.45, 2.75) is 31.6 Å². The van der Waals surface area contributed by atoms with Gasteiger partial charge in [0.2, 0.25) is 0 Å². The number of hydrogen-bond acceptors (Lipinski definition) is 3. The molecular formula is C23H23ClFN3O. The maximum atomic E-state index is 13.7. The minimum atomic E-state index is -0.221. The second kappa shape index (κ2) is 8.89. The van der Waals surface area contributed by atoms with E-state index in [2.05, 4.69) is 15.8 Å². The van der Waals surface area contributed by atoms with Gasteiger partial charge in [0.05, 0.1) is 5.52 Å². The molecule has 1 aromatic heterocycles. The van der Waals surface area contributed by atoms with E-state index < -0.39 is 0 Å². The monoisotopic (exact) mass is 411 g/mol. The highest BCUT2D eigenvalue weighted by Crippen LogP contribution is 2.38. The third kappa shape index (κ3) is 4.74. The Morgan fingerprint density at radius 1 is 1.07 bits per heavy atom. The fourth-order valence-corrected chi connectivity index (χ4v) is 4.25. The summed E-state index contributed by atoms with van der Waals surface area (Å²) in [5, 5.41) is 1.53. The Morgan fingerprint density at radius 3 is 2.59 bits per heavy atom. The predicted octanol–water partition coefficient (Wildman–Crippen LogP) is 5.24. The van der Waals surface area contributed by atoms with E-state index in [0.717, 1.165) is 43.1 Å². The zero-order chi connectivity index (χ0) is 20.2. The third-order valence-corrected chi connectivity index (χ3v) is 5.97. The Morgan fingerprint density at radius 2 is 1.83 bits per heavy atom. The molecule has 0 spiro atoms. The lowest BCUT2D eigenvalue weighted by atomic mass is 9.78. The van der Waals surface area contributed by atoms with Crippen molar-refractivity contribution in [2.24, 2.45) is 5.92 Å². The summed E-state index contributed by atoms with van der Waals surface area (Å²) in [4.78, 5) is 16.5. The van der Waals surface area contributed by atoms with Gasteiger partial charge in [0, 0.05) is 28.7 Å². The number of hydrogen-bond donors (Lipinski definition) is 2. The van der Waals surface area contributed by atoms with Gasteiger partial charge in [-0.1, -0.05) is 11.6 Å². The molecule has 3 aromatic rings. The molecule has 2 N–H and O–H groups in total. The van der Waals surface area contributed by atoms with Crippen molar-refractivity contribution < 1.29 is 9.18 Å². The second-order valence-corrected chi connectivity index (χ2v) is 8.06. The molecule has 1 fully saturated rings. The fraction of sp³-hybridized carbons (Fsp3) is 0.304. The topological polar surface area (TPSA) is 54.0 Å². The number of halogens is 2. The van der Waals surface area contributed by atoms with E-state index >= 15 is 0 Å². The lowest BCUT2D eigenvalue weighted by Gasteiger charge is -2.29. The highest BCUT2D eigenvalue weighted by molar-refractivity contribution is 6.30. The van der Waals surface area contributed by atoms with E-state index in [1.54, 1.807) is 36.4 Å². The Hall–Kier alpha value is -2.50. The number of fused-ring (bicyclic) bond motifs is 1. The van der Waals surface area contributed by atoms with Crippen LogP contribution >= 0.6 is 11.6 Å². The van der Waals surface area contributed by atoms with Crippen LogP contribution < -0.4 is 10.9 Å². The van der Waals surface area contributed by atoms with Crippen LogP contribution in [-0.4, -0.2) is 17.4 Å². The van der Waals surface area contributed by atoms with Crippen molar-refractivity contribution in [3.63, 3.8) is 0 Å². The van der Waals surface area contributed by atoms with Crippen LogP contribution in [0, 0.1) is 11.7 Å². The Kier molecular flexibility index (Phi) is 6.07. The number of hydrazine groups is 1. The van der Waals surface area contributed by atoms with Crippen LogP contribution in [0.4, 0.5) is 4.39 Å². The van der Waals surface area contributed by atoms with Crippen LogP contribution in [0.1, 0.15) is 47.5 Å². The number of nitrogens with one attached hydrogen (secondary N) is 2. The minimum Gasteiger partial charge on any atom is -0.287 e. The summed E-state index contributed by atoms with van der Waals surface area (Å²) in [6.45, 7) is 0.734. The maximum absolute atomic E-state index is 13.7. The molecule has 0 atom stereocenters. The van der Waals surface area contributed by atoms with Crippen LogP contribution in [0.2, 0.25) is 5.02 Å². The smallest absolute Gasteiger partial charge is 0.265 e. The van der Waals surface area contributed by atoms with Gasteiger partial charge in [0.15, 0.2) is 0 Å². The number of nitrogens with zero attached hydrogens (tertiary/aromatic N) is 1. The van der Waals surface area contributed by atoms with Crippen LogP contribution in [0.25, 0.3) is 10.9 Å². The molecule has 4 rings (SSSR count). The first-order valence-corrected chi connectivity index (χ1v) is 10.3. The van der Waals surface area contributed by atoms with Crippen LogP contribution in [0.5, 0.6) is 0 Å². The number of rotatable bonds is 5. The molecule has 1 heterocycles. The minimum absolute atomic E-state index is 0.166. The third-order valence-electron chi connectivity index (χ3n) is 5.72. The molecule has 0 bridgehead atoms. The van der Waals surface area contributed by atoms with Gasteiger partial charge in [-0.15, -0.1) is 0 Å². The van der Waals surface area contributed by atoms with Gasteiger partial charge in [-0.05, 0) is 91.6 Å². The molecule has 29 heavy (non-hydrogen) atoms. The SMILES string of the molecule is O=C(NNCC1CCC(c2ccnc3ccc(F)cc23)CC1)c1ccc(Cl)cc1. The van der Waals surface area contributed by atoms with Gasteiger partial charge in [-0.25, -0.2) is 9.82 Å². The van der Waals surface area contributed by atoms with Crippen LogP contribution in [0.15, 0.2) is 54.7 Å². The van der Waals surface area contributed by atoms with Gasteiger partial charge in [-0.3, -0.25) is 15.2 Å². The summed E-state index contributed by atoms with van der Waals surface area (Å²) < 4.78 is 13.7. The summed E-state index contributed by atoms with van der Waals surface area (Å²) in [6.07, 6.45) is 6.04. The number of benzene rings is 2. The average Bonchev–Trinajstić information content (AvgIpc) is 2.74. The van der Waals surface area contributed by atoms with E-state index in [-0.39, 0.29) is 11.7 Å². The molecule has 1 aliphatic carbocycles. The summed E-state index contributed by atoms with van der Waals surface area (Å²) >= 11 is 5.85. The first-order valence-electron chi connectivity index (χ1n) is 9.93. The molecule has 6 heteroatoms. The number of pyridine rings is 1. The standard InChI is InChI=1S/C23H23ClFN3O/c24-18-7-5-17(6-8-18)23(29)28-27-14-15-1-3-16(4-2-15)20-11-12-26-22-10-9-19(25)13-21(20)22/h5-13,15-16,27H,1-4,14H2,(H,28,29). The number of carbonyl (C=O) groups excluding carboxylic acids is 1. The van der Waals surface area contributed by atoms with Gasteiger partial charge in [-0.2, -0.15) is 0 Å². The molecule has 0 saturated heterocycles. The second-order valence-electron chi connectivity index (χ2n) is 7.62. The molecule has 1 aliphatic rings. The molecule has 1 saturated carbocycles. The van der Waals surface area contributed by atoms with Crippen molar-refractivity contribution >= 4 is 28.4 Å². The molecular weight excluding hydrogens is 389 g/mol. The van der Waals surface area contributed by atoms with Crippen molar-refractivity contribution in [1.29, 1.82) is 0 Å². The van der Waals surface area contributed by atoms with Crippen molar-refractivity contribution in [2.75, 3.05) is 6.54 Å².